The van der Waals surface area contributed by atoms with Gasteiger partial charge in [0.15, 0.2) is 0 Å². The van der Waals surface area contributed by atoms with Gasteiger partial charge >= 0.3 is 6.03 Å². The van der Waals surface area contributed by atoms with Gasteiger partial charge in [-0.25, -0.2) is 9.78 Å². The number of carbonyl (C=O) groups is 1. The largest absolute Gasteiger partial charge is 0.493 e. The first-order valence-corrected chi connectivity index (χ1v) is 8.05. The van der Waals surface area contributed by atoms with Crippen LogP contribution < -0.4 is 15.4 Å². The van der Waals surface area contributed by atoms with E-state index in [0.717, 1.165) is 30.0 Å². The summed E-state index contributed by atoms with van der Waals surface area (Å²) in [6.45, 7) is 1.16. The van der Waals surface area contributed by atoms with Gasteiger partial charge in [-0.1, -0.05) is 24.3 Å². The number of carbonyl (C=O) groups excluding carboxylic acids is 1. The SMILES string of the molecule is O=C(NCc1cccc2c1OCC2)Nc1cccc(C2CC2)n1. The topological polar surface area (TPSA) is 63.2 Å². The monoisotopic (exact) mass is 309 g/mol. The third-order valence-corrected chi connectivity index (χ3v) is 4.24. The average molecular weight is 309 g/mol. The number of para-hydroxylation sites is 1. The van der Waals surface area contributed by atoms with Crippen LogP contribution in [0.4, 0.5) is 10.6 Å². The zero-order valence-corrected chi connectivity index (χ0v) is 12.8. The van der Waals surface area contributed by atoms with Crippen LogP contribution in [-0.2, 0) is 13.0 Å². The Hall–Kier alpha value is -2.56. The molecule has 1 aliphatic heterocycles. The summed E-state index contributed by atoms with van der Waals surface area (Å²) in [6.07, 6.45) is 3.33. The number of nitrogens with one attached hydrogen (secondary N) is 2. The summed E-state index contributed by atoms with van der Waals surface area (Å²) in [4.78, 5) is 16.6. The van der Waals surface area contributed by atoms with E-state index in [0.29, 0.717) is 18.3 Å². The second-order valence-electron chi connectivity index (χ2n) is 6.03. The fraction of sp³-hybridized carbons (Fsp3) is 0.333. The standard InChI is InChI=1S/C18H19N3O2/c22-18(21-16-6-2-5-15(20-16)12-7-8-12)19-11-14-4-1-3-13-9-10-23-17(13)14/h1-6,12H,7-11H2,(H2,19,20,21,22). The number of aromatic nitrogens is 1. The predicted octanol–water partition coefficient (Wildman–Crippen LogP) is 3.22. The Kier molecular flexibility index (Phi) is 3.61. The Morgan fingerprint density at radius 2 is 2.09 bits per heavy atom. The third-order valence-electron chi connectivity index (χ3n) is 4.24. The number of nitrogens with zero attached hydrogens (tertiary/aromatic N) is 1. The Labute approximate surface area is 135 Å². The Balaban J connectivity index is 1.37. The highest BCUT2D eigenvalue weighted by Crippen LogP contribution is 2.39. The summed E-state index contributed by atoms with van der Waals surface area (Å²) in [5, 5.41) is 5.67. The van der Waals surface area contributed by atoms with Crippen molar-refractivity contribution in [2.75, 3.05) is 11.9 Å². The lowest BCUT2D eigenvalue weighted by molar-refractivity contribution is 0.251. The van der Waals surface area contributed by atoms with Crippen molar-refractivity contribution in [3.8, 4) is 5.75 Å². The number of hydrogen-bond acceptors (Lipinski definition) is 3. The van der Waals surface area contributed by atoms with Gasteiger partial charge in [0, 0.05) is 30.1 Å². The molecule has 1 saturated carbocycles. The molecule has 2 aliphatic rings. The van der Waals surface area contributed by atoms with Gasteiger partial charge in [-0.2, -0.15) is 0 Å². The number of rotatable bonds is 4. The molecule has 1 fully saturated rings. The first kappa shape index (κ1) is 14.1. The molecule has 23 heavy (non-hydrogen) atoms. The molecule has 2 N–H and O–H groups in total. The number of pyridine rings is 1. The van der Waals surface area contributed by atoms with Crippen molar-refractivity contribution in [3.63, 3.8) is 0 Å². The molecule has 2 aromatic rings. The maximum atomic E-state index is 12.1. The Morgan fingerprint density at radius 3 is 2.96 bits per heavy atom. The summed E-state index contributed by atoms with van der Waals surface area (Å²) in [6, 6.07) is 11.6. The summed E-state index contributed by atoms with van der Waals surface area (Å²) in [5.41, 5.74) is 3.29. The maximum Gasteiger partial charge on any atom is 0.320 e. The highest BCUT2D eigenvalue weighted by atomic mass is 16.5. The van der Waals surface area contributed by atoms with Crippen LogP contribution in [-0.4, -0.2) is 17.6 Å². The van der Waals surface area contributed by atoms with Gasteiger partial charge < -0.3 is 10.1 Å². The van der Waals surface area contributed by atoms with Crippen LogP contribution in [0.25, 0.3) is 0 Å². The van der Waals surface area contributed by atoms with Crippen LogP contribution in [0, 0.1) is 0 Å². The van der Waals surface area contributed by atoms with E-state index in [1.54, 1.807) is 0 Å². The minimum atomic E-state index is -0.249. The van der Waals surface area contributed by atoms with E-state index in [9.17, 15) is 4.79 Å². The molecule has 0 saturated heterocycles. The van der Waals surface area contributed by atoms with Crippen molar-refractivity contribution in [2.45, 2.75) is 31.7 Å². The van der Waals surface area contributed by atoms with Crippen LogP contribution in [0.5, 0.6) is 5.75 Å². The maximum absolute atomic E-state index is 12.1. The average Bonchev–Trinajstić information content (AvgIpc) is 3.30. The highest BCUT2D eigenvalue weighted by molar-refractivity contribution is 5.88. The second kappa shape index (κ2) is 5.91. The fourth-order valence-electron chi connectivity index (χ4n) is 2.89. The first-order valence-electron chi connectivity index (χ1n) is 8.05. The molecule has 1 aromatic carbocycles. The summed E-state index contributed by atoms with van der Waals surface area (Å²) >= 11 is 0. The third kappa shape index (κ3) is 3.13. The van der Waals surface area contributed by atoms with Gasteiger partial charge in [-0.15, -0.1) is 0 Å². The molecule has 118 valence electrons. The summed E-state index contributed by atoms with van der Waals surface area (Å²) in [5.74, 6) is 2.09. The number of benzene rings is 1. The number of ether oxygens (including phenoxy) is 1. The molecule has 5 nitrogen and oxygen atoms in total. The van der Waals surface area contributed by atoms with Gasteiger partial charge in [0.2, 0.25) is 0 Å². The number of fused-ring (bicyclic) bond motifs is 1. The molecule has 1 aromatic heterocycles. The van der Waals surface area contributed by atoms with Crippen LogP contribution in [0.2, 0.25) is 0 Å². The van der Waals surface area contributed by atoms with Crippen LogP contribution in [0.1, 0.15) is 35.6 Å². The van der Waals surface area contributed by atoms with E-state index in [-0.39, 0.29) is 6.03 Å². The highest BCUT2D eigenvalue weighted by Gasteiger charge is 2.25. The van der Waals surface area contributed by atoms with Crippen molar-refractivity contribution in [3.05, 3.63) is 53.2 Å². The van der Waals surface area contributed by atoms with E-state index < -0.39 is 0 Å². The lowest BCUT2D eigenvalue weighted by Gasteiger charge is -2.10. The summed E-state index contributed by atoms with van der Waals surface area (Å²) < 4.78 is 5.65. The van der Waals surface area contributed by atoms with Crippen LogP contribution in [0.3, 0.4) is 0 Å². The molecule has 0 unspecified atom stereocenters. The van der Waals surface area contributed by atoms with Crippen LogP contribution >= 0.6 is 0 Å². The smallest absolute Gasteiger partial charge is 0.320 e. The van der Waals surface area contributed by atoms with E-state index in [4.69, 9.17) is 4.74 Å². The molecule has 0 atom stereocenters. The van der Waals surface area contributed by atoms with Gasteiger partial charge in [0.05, 0.1) is 6.61 Å². The van der Waals surface area contributed by atoms with Gasteiger partial charge in [-0.05, 0) is 30.5 Å². The number of urea groups is 1. The molecule has 4 rings (SSSR count). The van der Waals surface area contributed by atoms with E-state index >= 15 is 0 Å². The predicted molar refractivity (Wildman–Crippen MR) is 87.7 cm³/mol. The van der Waals surface area contributed by atoms with Gasteiger partial charge in [0.1, 0.15) is 11.6 Å². The molecule has 2 amide bonds. The van der Waals surface area contributed by atoms with Crippen molar-refractivity contribution < 1.29 is 9.53 Å². The van der Waals surface area contributed by atoms with E-state index in [2.05, 4.69) is 21.7 Å². The van der Waals surface area contributed by atoms with Crippen molar-refractivity contribution in [1.29, 1.82) is 0 Å². The molecule has 5 heteroatoms. The normalized spacial score (nSPS) is 15.7. The van der Waals surface area contributed by atoms with E-state index in [1.807, 2.05) is 30.3 Å². The first-order chi connectivity index (χ1) is 11.3. The second-order valence-corrected chi connectivity index (χ2v) is 6.03. The fourth-order valence-corrected chi connectivity index (χ4v) is 2.89. The zero-order valence-electron chi connectivity index (χ0n) is 12.8. The molecule has 0 spiro atoms. The zero-order chi connectivity index (χ0) is 15.6. The molecular weight excluding hydrogens is 290 g/mol. The molecular formula is C18H19N3O2. The molecule has 0 radical (unpaired) electrons. The molecule has 2 heterocycles. The Bertz CT molecular complexity index is 741. The lowest BCUT2D eigenvalue weighted by atomic mass is 10.1. The van der Waals surface area contributed by atoms with Crippen molar-refractivity contribution in [1.82, 2.24) is 10.3 Å². The Morgan fingerprint density at radius 1 is 1.22 bits per heavy atom. The number of amides is 2. The van der Waals surface area contributed by atoms with E-state index in [1.165, 1.54) is 18.4 Å². The minimum absolute atomic E-state index is 0.249. The minimum Gasteiger partial charge on any atom is -0.493 e. The van der Waals surface area contributed by atoms with Crippen molar-refractivity contribution >= 4 is 11.8 Å². The number of hydrogen-bond donors (Lipinski definition) is 2. The summed E-state index contributed by atoms with van der Waals surface area (Å²) in [7, 11) is 0. The van der Waals surface area contributed by atoms with Gasteiger partial charge in [-0.3, -0.25) is 5.32 Å². The quantitative estimate of drug-likeness (QED) is 0.911. The number of anilines is 1. The molecule has 0 bridgehead atoms. The lowest BCUT2D eigenvalue weighted by Crippen LogP contribution is -2.28. The van der Waals surface area contributed by atoms with Crippen molar-refractivity contribution in [2.24, 2.45) is 0 Å². The van der Waals surface area contributed by atoms with Crippen LogP contribution in [0.15, 0.2) is 36.4 Å². The molecule has 1 aliphatic carbocycles. The van der Waals surface area contributed by atoms with Gasteiger partial charge in [0.25, 0.3) is 0 Å².